The molecule has 0 aliphatic carbocycles. The quantitative estimate of drug-likeness (QED) is 0.544. The van der Waals surface area contributed by atoms with Gasteiger partial charge in [0.2, 0.25) is 7.37 Å². The first-order valence-corrected chi connectivity index (χ1v) is 4.66. The molecule has 0 fully saturated rings. The van der Waals surface area contributed by atoms with Gasteiger partial charge in [0.05, 0.1) is 12.6 Å². The van der Waals surface area contributed by atoms with Gasteiger partial charge in [-0.2, -0.15) is 0 Å². The monoisotopic (exact) mass is 152 g/mol. The number of nitrogens with zero attached hydrogens (tertiary/aromatic N) is 1. The summed E-state index contributed by atoms with van der Waals surface area (Å²) in [6, 6.07) is 0. The van der Waals surface area contributed by atoms with Gasteiger partial charge < -0.3 is 15.5 Å². The fraction of sp³-hybridized carbons (Fsp3) is 1.00. The zero-order chi connectivity index (χ0) is 7.49. The summed E-state index contributed by atoms with van der Waals surface area (Å²) in [5.41, 5.74) is 5.01. The Labute approximate surface area is 55.1 Å². The smallest absolute Gasteiger partial charge is 0.227 e. The Morgan fingerprint density at radius 1 is 1.67 bits per heavy atom. The van der Waals surface area contributed by atoms with Crippen LogP contribution in [-0.2, 0) is 4.57 Å². The van der Waals surface area contributed by atoms with Gasteiger partial charge in [0.1, 0.15) is 0 Å². The molecule has 0 saturated heterocycles. The lowest BCUT2D eigenvalue weighted by atomic mass is 11.0. The molecule has 4 nitrogen and oxygen atoms in total. The van der Waals surface area contributed by atoms with Gasteiger partial charge in [0.15, 0.2) is 0 Å². The Hall–Kier alpha value is 0.110. The van der Waals surface area contributed by atoms with Crippen LogP contribution in [0.2, 0.25) is 0 Å². The van der Waals surface area contributed by atoms with E-state index in [9.17, 15) is 4.57 Å². The predicted molar refractivity (Wildman–Crippen MR) is 37.4 cm³/mol. The average molecular weight is 152 g/mol. The number of hydrogen-bond acceptors (Lipinski definition) is 3. The van der Waals surface area contributed by atoms with E-state index in [2.05, 4.69) is 0 Å². The molecule has 9 heavy (non-hydrogen) atoms. The van der Waals surface area contributed by atoms with Crippen molar-refractivity contribution in [1.82, 2.24) is 4.90 Å². The molecule has 0 radical (unpaired) electrons. The van der Waals surface area contributed by atoms with Crippen LogP contribution in [0.5, 0.6) is 0 Å². The molecule has 1 atom stereocenters. The van der Waals surface area contributed by atoms with Gasteiger partial charge in [0, 0.05) is 0 Å². The highest BCUT2D eigenvalue weighted by Crippen LogP contribution is 2.37. The molecule has 0 amide bonds. The minimum atomic E-state index is -3.03. The molecule has 0 bridgehead atoms. The molecule has 0 spiro atoms. The van der Waals surface area contributed by atoms with Gasteiger partial charge in [-0.05, 0) is 14.1 Å². The second-order valence-electron chi connectivity index (χ2n) is 2.25. The molecular formula is C4H13N2O2P. The summed E-state index contributed by atoms with van der Waals surface area (Å²) in [5, 5.41) is 0. The highest BCUT2D eigenvalue weighted by atomic mass is 31.2. The van der Waals surface area contributed by atoms with Crippen LogP contribution in [0.25, 0.3) is 0 Å². The van der Waals surface area contributed by atoms with Crippen LogP contribution in [-0.4, -0.2) is 36.5 Å². The maximum Gasteiger partial charge on any atom is 0.227 e. The molecule has 5 heteroatoms. The van der Waals surface area contributed by atoms with E-state index in [4.69, 9.17) is 10.6 Å². The second-order valence-corrected chi connectivity index (χ2v) is 4.59. The molecular weight excluding hydrogens is 139 g/mol. The molecule has 0 saturated carbocycles. The lowest BCUT2D eigenvalue weighted by molar-refractivity contribution is 0.414. The Morgan fingerprint density at radius 2 is 2.11 bits per heavy atom. The van der Waals surface area contributed by atoms with E-state index in [-0.39, 0.29) is 12.6 Å². The largest absolute Gasteiger partial charge is 0.343 e. The van der Waals surface area contributed by atoms with Crippen molar-refractivity contribution in [3.63, 3.8) is 0 Å². The molecule has 0 aliphatic rings. The van der Waals surface area contributed by atoms with Crippen LogP contribution >= 0.6 is 7.37 Å². The van der Waals surface area contributed by atoms with E-state index in [0.29, 0.717) is 0 Å². The Bertz CT molecular complexity index is 126. The van der Waals surface area contributed by atoms with Crippen molar-refractivity contribution in [2.24, 2.45) is 5.73 Å². The van der Waals surface area contributed by atoms with Crippen molar-refractivity contribution in [3.8, 4) is 0 Å². The standard InChI is InChI=1S/C4H13N2O2P/c1-6(2)4-9(7,8)3-5/h3-5H2,1-2H3,(H,7,8). The minimum absolute atomic E-state index is 0.134. The summed E-state index contributed by atoms with van der Waals surface area (Å²) in [4.78, 5) is 10.5. The fourth-order valence-electron chi connectivity index (χ4n) is 0.500. The van der Waals surface area contributed by atoms with Crippen LogP contribution in [0.3, 0.4) is 0 Å². The van der Waals surface area contributed by atoms with Crippen LogP contribution in [0.15, 0.2) is 0 Å². The average Bonchev–Trinajstić information content (AvgIpc) is 1.63. The summed E-state index contributed by atoms with van der Waals surface area (Å²) < 4.78 is 10.8. The third-order valence-corrected chi connectivity index (χ3v) is 2.37. The number of hydrogen-bond donors (Lipinski definition) is 2. The third-order valence-electron chi connectivity index (χ3n) is 0.789. The Balaban J connectivity index is 3.73. The normalized spacial score (nSPS) is 17.9. The molecule has 1 unspecified atom stereocenters. The van der Waals surface area contributed by atoms with Crippen molar-refractivity contribution in [3.05, 3.63) is 0 Å². The fourth-order valence-corrected chi connectivity index (χ4v) is 1.50. The van der Waals surface area contributed by atoms with E-state index in [1.807, 2.05) is 0 Å². The topological polar surface area (TPSA) is 66.6 Å². The second kappa shape index (κ2) is 3.32. The minimum Gasteiger partial charge on any atom is -0.343 e. The zero-order valence-electron chi connectivity index (χ0n) is 5.74. The van der Waals surface area contributed by atoms with E-state index < -0.39 is 7.37 Å². The summed E-state index contributed by atoms with van der Waals surface area (Å²) in [6.07, 6.45) is 0.0364. The van der Waals surface area contributed by atoms with Crippen LogP contribution in [0.1, 0.15) is 0 Å². The first kappa shape index (κ1) is 9.11. The van der Waals surface area contributed by atoms with Crippen molar-refractivity contribution in [1.29, 1.82) is 0 Å². The Kier molecular flexibility index (Phi) is 3.36. The maximum atomic E-state index is 10.8. The number of nitrogens with two attached hydrogens (primary N) is 1. The molecule has 0 aromatic rings. The van der Waals surface area contributed by atoms with Crippen molar-refractivity contribution in [2.75, 3.05) is 26.7 Å². The van der Waals surface area contributed by atoms with Gasteiger partial charge >= 0.3 is 0 Å². The van der Waals surface area contributed by atoms with Gasteiger partial charge in [-0.25, -0.2) is 0 Å². The van der Waals surface area contributed by atoms with E-state index in [0.717, 1.165) is 0 Å². The van der Waals surface area contributed by atoms with E-state index in [1.54, 1.807) is 19.0 Å². The van der Waals surface area contributed by atoms with Crippen molar-refractivity contribution in [2.45, 2.75) is 0 Å². The molecule has 0 rings (SSSR count). The molecule has 0 aromatic heterocycles. The van der Waals surface area contributed by atoms with Crippen molar-refractivity contribution < 1.29 is 9.46 Å². The summed E-state index contributed by atoms with van der Waals surface area (Å²) in [5.74, 6) is 0. The highest BCUT2D eigenvalue weighted by molar-refractivity contribution is 7.57. The van der Waals surface area contributed by atoms with E-state index in [1.165, 1.54) is 0 Å². The SMILES string of the molecule is CN(C)CP(=O)(O)CN. The summed E-state index contributed by atoms with van der Waals surface area (Å²) in [7, 11) is 0.443. The van der Waals surface area contributed by atoms with E-state index >= 15 is 0 Å². The van der Waals surface area contributed by atoms with Gasteiger partial charge in [-0.15, -0.1) is 0 Å². The molecule has 0 heterocycles. The van der Waals surface area contributed by atoms with Gasteiger partial charge in [-0.3, -0.25) is 4.57 Å². The third kappa shape index (κ3) is 4.60. The first-order chi connectivity index (χ1) is 3.98. The van der Waals surface area contributed by atoms with Crippen LogP contribution in [0, 0.1) is 0 Å². The van der Waals surface area contributed by atoms with Gasteiger partial charge in [-0.1, -0.05) is 0 Å². The zero-order valence-corrected chi connectivity index (χ0v) is 6.64. The highest BCUT2D eigenvalue weighted by Gasteiger charge is 2.15. The van der Waals surface area contributed by atoms with Crippen molar-refractivity contribution >= 4 is 7.37 Å². The summed E-state index contributed by atoms with van der Waals surface area (Å²) in [6.45, 7) is 0. The number of rotatable bonds is 3. The molecule has 0 aromatic carbocycles. The maximum absolute atomic E-state index is 10.8. The van der Waals surface area contributed by atoms with Crippen LogP contribution < -0.4 is 5.73 Å². The van der Waals surface area contributed by atoms with Gasteiger partial charge in [0.25, 0.3) is 0 Å². The summed E-state index contributed by atoms with van der Waals surface area (Å²) >= 11 is 0. The lowest BCUT2D eigenvalue weighted by Crippen LogP contribution is -2.16. The Morgan fingerprint density at radius 3 is 2.22 bits per heavy atom. The molecule has 0 aliphatic heterocycles. The molecule has 3 N–H and O–H groups in total. The predicted octanol–water partition coefficient (Wildman–Crippen LogP) is -0.308. The van der Waals surface area contributed by atoms with Crippen LogP contribution in [0.4, 0.5) is 0 Å². The lowest BCUT2D eigenvalue weighted by Gasteiger charge is -2.13. The molecule has 56 valence electrons. The first-order valence-electron chi connectivity index (χ1n) is 2.63.